The lowest BCUT2D eigenvalue weighted by molar-refractivity contribution is -0.132. The Labute approximate surface area is 181 Å². The van der Waals surface area contributed by atoms with Gasteiger partial charge in [-0.15, -0.1) is 0 Å². The first kappa shape index (κ1) is 20.9. The van der Waals surface area contributed by atoms with Gasteiger partial charge in [0.05, 0.1) is 22.9 Å². The number of benzene rings is 2. The zero-order chi connectivity index (χ0) is 22.0. The number of carbonyl (C=O) groups is 1. The Balaban J connectivity index is 1.69. The maximum atomic E-state index is 13.0. The molecule has 0 spiro atoms. The fourth-order valence-corrected chi connectivity index (χ4v) is 4.63. The van der Waals surface area contributed by atoms with Crippen LogP contribution in [0.25, 0.3) is 0 Å². The Bertz CT molecular complexity index is 1220. The summed E-state index contributed by atoms with van der Waals surface area (Å²) in [4.78, 5) is 12.8. The van der Waals surface area contributed by atoms with Crippen molar-refractivity contribution in [2.75, 3.05) is 4.72 Å². The first-order valence-corrected chi connectivity index (χ1v) is 11.5. The number of amides is 1. The number of hydrogen-bond acceptors (Lipinski definition) is 5. The van der Waals surface area contributed by atoms with E-state index in [1.165, 1.54) is 5.01 Å². The predicted molar refractivity (Wildman–Crippen MR) is 118 cm³/mol. The largest absolute Gasteiger partial charge is 0.463 e. The molecule has 1 aliphatic rings. The number of anilines is 1. The topological polar surface area (TPSA) is 92.0 Å². The van der Waals surface area contributed by atoms with E-state index in [1.807, 2.05) is 19.1 Å². The zero-order valence-corrected chi connectivity index (χ0v) is 18.1. The van der Waals surface area contributed by atoms with E-state index in [0.29, 0.717) is 29.1 Å². The molecule has 1 atom stereocenters. The highest BCUT2D eigenvalue weighted by Crippen LogP contribution is 2.37. The van der Waals surface area contributed by atoms with Gasteiger partial charge in [-0.1, -0.05) is 42.8 Å². The highest BCUT2D eigenvalue weighted by molar-refractivity contribution is 7.92. The zero-order valence-electron chi connectivity index (χ0n) is 17.3. The van der Waals surface area contributed by atoms with Gasteiger partial charge < -0.3 is 4.42 Å². The third-order valence-electron chi connectivity index (χ3n) is 5.17. The van der Waals surface area contributed by atoms with Crippen LogP contribution in [0.15, 0.2) is 81.3 Å². The minimum Gasteiger partial charge on any atom is -0.463 e. The van der Waals surface area contributed by atoms with Gasteiger partial charge in [-0.05, 0) is 37.3 Å². The van der Waals surface area contributed by atoms with Gasteiger partial charge in [0.15, 0.2) is 0 Å². The Kier molecular flexibility index (Phi) is 5.65. The molecule has 0 aliphatic carbocycles. The van der Waals surface area contributed by atoms with Crippen molar-refractivity contribution < 1.29 is 17.6 Å². The Hall–Kier alpha value is -3.39. The second-order valence-corrected chi connectivity index (χ2v) is 9.02. The fraction of sp³-hybridized carbons (Fsp3) is 0.217. The predicted octanol–water partition coefficient (Wildman–Crippen LogP) is 4.48. The van der Waals surface area contributed by atoms with Gasteiger partial charge in [-0.25, -0.2) is 13.4 Å². The van der Waals surface area contributed by atoms with Crippen molar-refractivity contribution in [1.29, 1.82) is 0 Å². The van der Waals surface area contributed by atoms with Crippen molar-refractivity contribution in [3.63, 3.8) is 0 Å². The first-order chi connectivity index (χ1) is 14.9. The molecule has 2 aromatic carbocycles. The molecule has 4 rings (SSSR count). The second-order valence-electron chi connectivity index (χ2n) is 7.34. The molecule has 1 N–H and O–H groups in total. The number of nitrogens with zero attached hydrogens (tertiary/aromatic N) is 2. The number of carbonyl (C=O) groups excluding carboxylic acids is 1. The smallest absolute Gasteiger partial charge is 0.261 e. The first-order valence-electron chi connectivity index (χ1n) is 10.0. The Morgan fingerprint density at radius 3 is 2.55 bits per heavy atom. The molecule has 0 radical (unpaired) electrons. The van der Waals surface area contributed by atoms with Crippen molar-refractivity contribution in [3.05, 3.63) is 83.8 Å². The molecular weight excluding hydrogens is 414 g/mol. The molecule has 1 aliphatic heterocycles. The summed E-state index contributed by atoms with van der Waals surface area (Å²) in [5, 5.41) is 5.92. The summed E-state index contributed by atoms with van der Waals surface area (Å²) in [6, 6.07) is 16.8. The van der Waals surface area contributed by atoms with Crippen LogP contribution in [-0.4, -0.2) is 25.0 Å². The van der Waals surface area contributed by atoms with Crippen LogP contribution in [0.1, 0.15) is 42.7 Å². The lowest BCUT2D eigenvalue weighted by Gasteiger charge is -2.24. The van der Waals surface area contributed by atoms with Crippen LogP contribution in [0.2, 0.25) is 0 Å². The monoisotopic (exact) mass is 437 g/mol. The molecule has 0 saturated heterocycles. The molecule has 2 heterocycles. The van der Waals surface area contributed by atoms with Crippen molar-refractivity contribution in [1.82, 2.24) is 5.01 Å². The van der Waals surface area contributed by atoms with E-state index >= 15 is 0 Å². The Morgan fingerprint density at radius 2 is 1.87 bits per heavy atom. The molecule has 31 heavy (non-hydrogen) atoms. The minimum atomic E-state index is -3.79. The summed E-state index contributed by atoms with van der Waals surface area (Å²) >= 11 is 0. The Morgan fingerprint density at radius 1 is 1.13 bits per heavy atom. The summed E-state index contributed by atoms with van der Waals surface area (Å²) in [7, 11) is -3.79. The maximum Gasteiger partial charge on any atom is 0.261 e. The third-order valence-corrected chi connectivity index (χ3v) is 6.55. The normalized spacial score (nSPS) is 16.3. The molecule has 0 saturated carbocycles. The third kappa shape index (κ3) is 4.25. The summed E-state index contributed by atoms with van der Waals surface area (Å²) in [5.74, 6) is 0.442. The van der Waals surface area contributed by atoms with Crippen LogP contribution in [0.3, 0.4) is 0 Å². The SMILES string of the molecule is CCC(=O)N1N=C(c2ccco2)CC1c1ccccc1NS(=O)(=O)c1ccc(C)cc1. The average molecular weight is 438 g/mol. The second kappa shape index (κ2) is 8.39. The van der Waals surface area contributed by atoms with Crippen molar-refractivity contribution in [2.24, 2.45) is 5.10 Å². The van der Waals surface area contributed by atoms with Gasteiger partial charge in [-0.2, -0.15) is 5.10 Å². The molecular formula is C23H23N3O4S. The summed E-state index contributed by atoms with van der Waals surface area (Å²) < 4.78 is 34.1. The van der Waals surface area contributed by atoms with Gasteiger partial charge in [0, 0.05) is 18.4 Å². The maximum absolute atomic E-state index is 13.0. The van der Waals surface area contributed by atoms with Gasteiger partial charge in [0.1, 0.15) is 11.5 Å². The molecule has 1 aromatic heterocycles. The average Bonchev–Trinajstić information content (AvgIpc) is 3.44. The van der Waals surface area contributed by atoms with Crippen LogP contribution >= 0.6 is 0 Å². The van der Waals surface area contributed by atoms with Crippen LogP contribution in [0, 0.1) is 6.92 Å². The number of hydrogen-bond donors (Lipinski definition) is 1. The van der Waals surface area contributed by atoms with E-state index in [0.717, 1.165) is 5.56 Å². The number of nitrogens with one attached hydrogen (secondary N) is 1. The number of rotatable bonds is 6. The van der Waals surface area contributed by atoms with Gasteiger partial charge in [0.2, 0.25) is 5.91 Å². The number of sulfonamides is 1. The lowest BCUT2D eigenvalue weighted by Crippen LogP contribution is -2.27. The molecule has 0 fully saturated rings. The molecule has 3 aromatic rings. The van der Waals surface area contributed by atoms with E-state index in [9.17, 15) is 13.2 Å². The molecule has 1 amide bonds. The van der Waals surface area contributed by atoms with Crippen molar-refractivity contribution >= 4 is 27.3 Å². The van der Waals surface area contributed by atoms with Gasteiger partial charge in [0.25, 0.3) is 10.0 Å². The van der Waals surface area contributed by atoms with E-state index in [2.05, 4.69) is 9.82 Å². The summed E-state index contributed by atoms with van der Waals surface area (Å²) in [5.41, 5.74) is 2.71. The molecule has 8 heteroatoms. The number of furan rings is 1. The number of para-hydroxylation sites is 1. The standard InChI is InChI=1S/C23H23N3O4S/c1-3-23(27)26-21(15-20(24-26)22-9-6-14-30-22)18-7-4-5-8-19(18)25-31(28,29)17-12-10-16(2)11-13-17/h4-14,21,25H,3,15H2,1-2H3. The summed E-state index contributed by atoms with van der Waals surface area (Å²) in [6.07, 6.45) is 2.26. The van der Waals surface area contributed by atoms with E-state index in [1.54, 1.807) is 61.7 Å². The van der Waals surface area contributed by atoms with Crippen LogP contribution < -0.4 is 4.72 Å². The quantitative estimate of drug-likeness (QED) is 0.616. The van der Waals surface area contributed by atoms with Crippen molar-refractivity contribution in [3.8, 4) is 0 Å². The molecule has 0 bridgehead atoms. The fourth-order valence-electron chi connectivity index (χ4n) is 3.54. The highest BCUT2D eigenvalue weighted by atomic mass is 32.2. The van der Waals surface area contributed by atoms with Crippen LogP contribution in [0.5, 0.6) is 0 Å². The van der Waals surface area contributed by atoms with E-state index in [-0.39, 0.29) is 17.2 Å². The van der Waals surface area contributed by atoms with Crippen LogP contribution in [0.4, 0.5) is 5.69 Å². The van der Waals surface area contributed by atoms with Gasteiger partial charge in [-0.3, -0.25) is 9.52 Å². The minimum absolute atomic E-state index is 0.150. The van der Waals surface area contributed by atoms with E-state index < -0.39 is 16.1 Å². The lowest BCUT2D eigenvalue weighted by atomic mass is 9.99. The number of hydrazone groups is 1. The number of aryl methyl sites for hydroxylation is 1. The molecule has 1 unspecified atom stereocenters. The van der Waals surface area contributed by atoms with E-state index in [4.69, 9.17) is 4.42 Å². The molecule has 7 nitrogen and oxygen atoms in total. The van der Waals surface area contributed by atoms with Gasteiger partial charge >= 0.3 is 0 Å². The van der Waals surface area contributed by atoms with Crippen molar-refractivity contribution in [2.45, 2.75) is 37.6 Å². The summed E-state index contributed by atoms with van der Waals surface area (Å²) in [6.45, 7) is 3.67. The molecule has 160 valence electrons. The highest BCUT2D eigenvalue weighted by Gasteiger charge is 2.35. The van der Waals surface area contributed by atoms with Crippen LogP contribution in [-0.2, 0) is 14.8 Å².